The summed E-state index contributed by atoms with van der Waals surface area (Å²) in [6, 6.07) is 0.617. The van der Waals surface area contributed by atoms with Crippen LogP contribution in [0.15, 0.2) is 0 Å². The van der Waals surface area contributed by atoms with E-state index < -0.39 is 0 Å². The Hall–Kier alpha value is -0.0800. The molecule has 0 saturated heterocycles. The summed E-state index contributed by atoms with van der Waals surface area (Å²) in [5, 5.41) is 3.62. The molecule has 0 heterocycles. The van der Waals surface area contributed by atoms with Crippen molar-refractivity contribution in [1.82, 2.24) is 5.32 Å². The van der Waals surface area contributed by atoms with E-state index >= 15 is 0 Å². The Bertz CT molecular complexity index is 215. The molecule has 0 aromatic heterocycles. The second kappa shape index (κ2) is 6.75. The molecule has 2 aliphatic carbocycles. The Kier molecular flexibility index (Phi) is 5.30. The number of rotatable bonds is 7. The fourth-order valence-corrected chi connectivity index (χ4v) is 3.11. The quantitative estimate of drug-likeness (QED) is 0.735. The SMILES string of the molecule is CCCC1CCC(NCC)C(OCC2CC2)C1. The van der Waals surface area contributed by atoms with Crippen LogP contribution in [0.5, 0.6) is 0 Å². The Balaban J connectivity index is 1.79. The van der Waals surface area contributed by atoms with Crippen LogP contribution in [0.2, 0.25) is 0 Å². The summed E-state index contributed by atoms with van der Waals surface area (Å²) < 4.78 is 6.19. The van der Waals surface area contributed by atoms with Gasteiger partial charge in [-0.25, -0.2) is 0 Å². The molecular formula is C15H29NO. The van der Waals surface area contributed by atoms with Gasteiger partial charge in [0.1, 0.15) is 0 Å². The third-order valence-corrected chi connectivity index (χ3v) is 4.31. The van der Waals surface area contributed by atoms with Crippen molar-refractivity contribution in [3.8, 4) is 0 Å². The first-order valence-corrected chi connectivity index (χ1v) is 7.68. The molecule has 100 valence electrons. The van der Waals surface area contributed by atoms with E-state index in [-0.39, 0.29) is 0 Å². The van der Waals surface area contributed by atoms with Crippen LogP contribution in [0.1, 0.15) is 58.8 Å². The highest BCUT2D eigenvalue weighted by molar-refractivity contribution is 4.86. The van der Waals surface area contributed by atoms with Crippen molar-refractivity contribution in [2.24, 2.45) is 11.8 Å². The molecule has 17 heavy (non-hydrogen) atoms. The van der Waals surface area contributed by atoms with Gasteiger partial charge in [0.05, 0.1) is 6.10 Å². The summed E-state index contributed by atoms with van der Waals surface area (Å²) >= 11 is 0. The third-order valence-electron chi connectivity index (χ3n) is 4.31. The molecule has 2 fully saturated rings. The molecule has 0 aromatic carbocycles. The molecule has 3 unspecified atom stereocenters. The Morgan fingerprint density at radius 2 is 1.82 bits per heavy atom. The highest BCUT2D eigenvalue weighted by Gasteiger charge is 2.32. The van der Waals surface area contributed by atoms with Gasteiger partial charge in [-0.1, -0.05) is 26.7 Å². The van der Waals surface area contributed by atoms with Crippen LogP contribution in [0.25, 0.3) is 0 Å². The first-order valence-electron chi connectivity index (χ1n) is 7.68. The molecule has 2 rings (SSSR count). The Morgan fingerprint density at radius 3 is 2.47 bits per heavy atom. The first-order chi connectivity index (χ1) is 8.33. The number of nitrogens with one attached hydrogen (secondary N) is 1. The molecule has 0 amide bonds. The van der Waals surface area contributed by atoms with Crippen LogP contribution < -0.4 is 5.32 Å². The lowest BCUT2D eigenvalue weighted by Crippen LogP contribution is -2.45. The minimum Gasteiger partial charge on any atom is -0.376 e. The molecule has 1 N–H and O–H groups in total. The maximum Gasteiger partial charge on any atom is 0.0730 e. The number of hydrogen-bond donors (Lipinski definition) is 1. The van der Waals surface area contributed by atoms with Crippen molar-refractivity contribution in [2.45, 2.75) is 70.9 Å². The van der Waals surface area contributed by atoms with E-state index in [9.17, 15) is 0 Å². The van der Waals surface area contributed by atoms with Crippen LogP contribution in [-0.2, 0) is 4.74 Å². The van der Waals surface area contributed by atoms with Gasteiger partial charge in [-0.2, -0.15) is 0 Å². The predicted molar refractivity (Wildman–Crippen MR) is 72.2 cm³/mol. The van der Waals surface area contributed by atoms with Gasteiger partial charge >= 0.3 is 0 Å². The summed E-state index contributed by atoms with van der Waals surface area (Å²) in [5.41, 5.74) is 0. The van der Waals surface area contributed by atoms with Gasteiger partial charge in [0.15, 0.2) is 0 Å². The molecular weight excluding hydrogens is 210 g/mol. The van der Waals surface area contributed by atoms with E-state index in [1.54, 1.807) is 0 Å². The Labute approximate surface area is 107 Å². The van der Waals surface area contributed by atoms with E-state index in [1.807, 2.05) is 0 Å². The van der Waals surface area contributed by atoms with Crippen molar-refractivity contribution in [2.75, 3.05) is 13.2 Å². The zero-order valence-corrected chi connectivity index (χ0v) is 11.6. The van der Waals surface area contributed by atoms with E-state index in [0.717, 1.165) is 25.0 Å². The lowest BCUT2D eigenvalue weighted by Gasteiger charge is -2.36. The lowest BCUT2D eigenvalue weighted by atomic mass is 9.81. The standard InChI is InChI=1S/C15H29NO/c1-3-5-12-8-9-14(16-4-2)15(10-12)17-11-13-6-7-13/h12-16H,3-11H2,1-2H3. The number of ether oxygens (including phenoxy) is 1. The van der Waals surface area contributed by atoms with Gasteiger partial charge in [0.2, 0.25) is 0 Å². The van der Waals surface area contributed by atoms with Crippen LogP contribution in [0, 0.1) is 11.8 Å². The molecule has 0 bridgehead atoms. The van der Waals surface area contributed by atoms with Crippen molar-refractivity contribution >= 4 is 0 Å². The smallest absolute Gasteiger partial charge is 0.0730 e. The second-order valence-corrected chi connectivity index (χ2v) is 5.95. The highest BCUT2D eigenvalue weighted by Crippen LogP contribution is 2.33. The highest BCUT2D eigenvalue weighted by atomic mass is 16.5. The van der Waals surface area contributed by atoms with Crippen LogP contribution >= 0.6 is 0 Å². The predicted octanol–water partition coefficient (Wildman–Crippen LogP) is 3.36. The summed E-state index contributed by atoms with van der Waals surface area (Å²) in [7, 11) is 0. The van der Waals surface area contributed by atoms with E-state index in [1.165, 1.54) is 44.9 Å². The third kappa shape index (κ3) is 4.26. The summed E-state index contributed by atoms with van der Waals surface area (Å²) in [4.78, 5) is 0. The molecule has 0 radical (unpaired) electrons. The van der Waals surface area contributed by atoms with Crippen molar-refractivity contribution in [3.05, 3.63) is 0 Å². The van der Waals surface area contributed by atoms with E-state index in [0.29, 0.717) is 12.1 Å². The summed E-state index contributed by atoms with van der Waals surface area (Å²) in [6.45, 7) is 6.60. The van der Waals surface area contributed by atoms with E-state index in [4.69, 9.17) is 4.74 Å². The van der Waals surface area contributed by atoms with Gasteiger partial charge in [0, 0.05) is 12.6 Å². The average molecular weight is 239 g/mol. The number of likely N-dealkylation sites (N-methyl/N-ethyl adjacent to an activating group) is 1. The molecule has 2 aliphatic rings. The number of hydrogen-bond acceptors (Lipinski definition) is 2. The van der Waals surface area contributed by atoms with Crippen LogP contribution in [0.3, 0.4) is 0 Å². The van der Waals surface area contributed by atoms with Crippen molar-refractivity contribution < 1.29 is 4.74 Å². The fraction of sp³-hybridized carbons (Fsp3) is 1.00. The summed E-state index contributed by atoms with van der Waals surface area (Å²) in [6.07, 6.45) is 10.0. The maximum atomic E-state index is 6.19. The molecule has 2 saturated carbocycles. The largest absolute Gasteiger partial charge is 0.376 e. The molecule has 2 nitrogen and oxygen atoms in total. The zero-order chi connectivity index (χ0) is 12.1. The molecule has 2 heteroatoms. The summed E-state index contributed by atoms with van der Waals surface area (Å²) in [5.74, 6) is 1.81. The first kappa shape index (κ1) is 13.4. The van der Waals surface area contributed by atoms with Gasteiger partial charge in [-0.15, -0.1) is 0 Å². The molecule has 3 atom stereocenters. The Morgan fingerprint density at radius 1 is 1.06 bits per heavy atom. The van der Waals surface area contributed by atoms with Crippen molar-refractivity contribution in [3.63, 3.8) is 0 Å². The lowest BCUT2D eigenvalue weighted by molar-refractivity contribution is -0.0155. The van der Waals surface area contributed by atoms with Gasteiger partial charge in [-0.3, -0.25) is 0 Å². The van der Waals surface area contributed by atoms with Gasteiger partial charge in [0.25, 0.3) is 0 Å². The van der Waals surface area contributed by atoms with Crippen molar-refractivity contribution in [1.29, 1.82) is 0 Å². The average Bonchev–Trinajstić information content (AvgIpc) is 3.14. The van der Waals surface area contributed by atoms with Crippen LogP contribution in [-0.4, -0.2) is 25.3 Å². The van der Waals surface area contributed by atoms with E-state index in [2.05, 4.69) is 19.2 Å². The fourth-order valence-electron chi connectivity index (χ4n) is 3.11. The van der Waals surface area contributed by atoms with Crippen LogP contribution in [0.4, 0.5) is 0 Å². The molecule has 0 spiro atoms. The van der Waals surface area contributed by atoms with Gasteiger partial charge < -0.3 is 10.1 Å². The second-order valence-electron chi connectivity index (χ2n) is 5.95. The van der Waals surface area contributed by atoms with Gasteiger partial charge in [-0.05, 0) is 50.5 Å². The topological polar surface area (TPSA) is 21.3 Å². The minimum atomic E-state index is 0.487. The zero-order valence-electron chi connectivity index (χ0n) is 11.6. The normalized spacial score (nSPS) is 33.9. The molecule has 0 aliphatic heterocycles. The monoisotopic (exact) mass is 239 g/mol. The maximum absolute atomic E-state index is 6.19. The minimum absolute atomic E-state index is 0.487. The molecule has 0 aromatic rings.